The van der Waals surface area contributed by atoms with Gasteiger partial charge in [-0.15, -0.1) is 0 Å². The van der Waals surface area contributed by atoms with Gasteiger partial charge in [0.2, 0.25) is 0 Å². The molecule has 1 rings (SSSR count). The van der Waals surface area contributed by atoms with Crippen LogP contribution in [0.3, 0.4) is 0 Å². The molecule has 0 atom stereocenters. The molecule has 0 saturated carbocycles. The van der Waals surface area contributed by atoms with Crippen LogP contribution in [0.15, 0.2) is 18.2 Å². The Hall–Kier alpha value is -1.47. The lowest BCUT2D eigenvalue weighted by molar-refractivity contribution is 0.395. The van der Waals surface area contributed by atoms with Crippen LogP contribution < -0.4 is 18.9 Å². The molecule has 0 aliphatic heterocycles. The van der Waals surface area contributed by atoms with Crippen molar-refractivity contribution in [2.24, 2.45) is 0 Å². The van der Waals surface area contributed by atoms with Gasteiger partial charge >= 0.3 is 0 Å². The number of methoxy groups -OCH3 is 2. The van der Waals surface area contributed by atoms with Crippen molar-refractivity contribution in [1.29, 1.82) is 0 Å². The summed E-state index contributed by atoms with van der Waals surface area (Å²) in [5.41, 5.74) is 0.363. The fraction of sp³-hybridized carbons (Fsp3) is 0.455. The molecule has 0 heterocycles. The van der Waals surface area contributed by atoms with Crippen LogP contribution in [0.25, 0.3) is 0 Å². The lowest BCUT2D eigenvalue weighted by atomic mass is 10.3. The fourth-order valence-electron chi connectivity index (χ4n) is 1.30. The highest BCUT2D eigenvalue weighted by Gasteiger charge is 2.12. The second-order valence-corrected chi connectivity index (χ2v) is 5.07. The van der Waals surface area contributed by atoms with E-state index in [9.17, 15) is 8.42 Å². The van der Waals surface area contributed by atoms with Crippen LogP contribution in [-0.4, -0.2) is 29.2 Å². The maximum absolute atomic E-state index is 11.7. The molecule has 0 aromatic heterocycles. The number of nitrogens with one attached hydrogen (secondary N) is 2. The molecule has 0 saturated heterocycles. The summed E-state index contributed by atoms with van der Waals surface area (Å²) in [5.74, 6) is 0.993. The molecule has 0 spiro atoms. The van der Waals surface area contributed by atoms with Crippen molar-refractivity contribution in [2.45, 2.75) is 13.3 Å². The van der Waals surface area contributed by atoms with Crippen LogP contribution in [0.4, 0.5) is 5.69 Å². The smallest absolute Gasteiger partial charge is 0.299 e. The highest BCUT2D eigenvalue weighted by Crippen LogP contribution is 2.29. The van der Waals surface area contributed by atoms with Gasteiger partial charge in [-0.25, -0.2) is 0 Å². The third kappa shape index (κ3) is 4.08. The van der Waals surface area contributed by atoms with Crippen molar-refractivity contribution in [3.63, 3.8) is 0 Å². The summed E-state index contributed by atoms with van der Waals surface area (Å²) in [7, 11) is -0.576. The zero-order valence-electron chi connectivity index (χ0n) is 10.7. The Morgan fingerprint density at radius 1 is 1.22 bits per heavy atom. The Morgan fingerprint density at radius 2 is 1.94 bits per heavy atom. The van der Waals surface area contributed by atoms with Gasteiger partial charge < -0.3 is 9.47 Å². The van der Waals surface area contributed by atoms with Gasteiger partial charge in [-0.05, 0) is 18.6 Å². The molecule has 0 radical (unpaired) electrons. The molecule has 2 N–H and O–H groups in total. The number of hydrogen-bond donors (Lipinski definition) is 2. The maximum Gasteiger partial charge on any atom is 0.299 e. The van der Waals surface area contributed by atoms with Crippen LogP contribution in [0.5, 0.6) is 11.5 Å². The fourth-order valence-corrected chi connectivity index (χ4v) is 2.30. The Morgan fingerprint density at radius 3 is 2.50 bits per heavy atom. The topological polar surface area (TPSA) is 76.7 Å². The van der Waals surface area contributed by atoms with Gasteiger partial charge in [0.1, 0.15) is 11.5 Å². The van der Waals surface area contributed by atoms with Crippen molar-refractivity contribution in [3.05, 3.63) is 18.2 Å². The van der Waals surface area contributed by atoms with E-state index in [4.69, 9.17) is 9.47 Å². The highest BCUT2D eigenvalue weighted by molar-refractivity contribution is 7.90. The van der Waals surface area contributed by atoms with Crippen molar-refractivity contribution in [2.75, 3.05) is 25.5 Å². The van der Waals surface area contributed by atoms with Crippen LogP contribution in [0, 0.1) is 0 Å². The molecule has 0 amide bonds. The summed E-state index contributed by atoms with van der Waals surface area (Å²) in [4.78, 5) is 0. The van der Waals surface area contributed by atoms with E-state index < -0.39 is 10.2 Å². The number of benzene rings is 1. The minimum absolute atomic E-state index is 0.363. The molecule has 1 aromatic carbocycles. The zero-order chi connectivity index (χ0) is 13.6. The average molecular weight is 274 g/mol. The van der Waals surface area contributed by atoms with E-state index in [0.29, 0.717) is 23.7 Å². The second-order valence-electron chi connectivity index (χ2n) is 3.57. The van der Waals surface area contributed by atoms with Gasteiger partial charge in [0.05, 0.1) is 19.9 Å². The summed E-state index contributed by atoms with van der Waals surface area (Å²) in [6.45, 7) is 2.27. The van der Waals surface area contributed by atoms with Gasteiger partial charge in [0, 0.05) is 12.6 Å². The normalized spacial score (nSPS) is 11.1. The van der Waals surface area contributed by atoms with E-state index >= 15 is 0 Å². The van der Waals surface area contributed by atoms with Crippen LogP contribution >= 0.6 is 0 Å². The Labute approximate surface area is 107 Å². The van der Waals surface area contributed by atoms with E-state index in [1.54, 1.807) is 18.2 Å². The molecule has 0 aliphatic rings. The van der Waals surface area contributed by atoms with E-state index in [-0.39, 0.29) is 0 Å². The minimum atomic E-state index is -3.57. The summed E-state index contributed by atoms with van der Waals surface area (Å²) in [5, 5.41) is 0. The Bertz CT molecular complexity index is 488. The molecule has 0 bridgehead atoms. The molecule has 0 aliphatic carbocycles. The van der Waals surface area contributed by atoms with Gasteiger partial charge in [0.25, 0.3) is 10.2 Å². The molecule has 1 aromatic rings. The standard InChI is InChI=1S/C11H18N2O4S/c1-4-7-12-18(14,15)13-10-6-5-9(16-2)8-11(10)17-3/h5-6,8,12-13H,4,7H2,1-3H3. The van der Waals surface area contributed by atoms with Gasteiger partial charge in [-0.3, -0.25) is 4.72 Å². The van der Waals surface area contributed by atoms with E-state index in [0.717, 1.165) is 6.42 Å². The predicted molar refractivity (Wildman–Crippen MR) is 70.4 cm³/mol. The summed E-state index contributed by atoms with van der Waals surface area (Å²) in [6.07, 6.45) is 0.723. The molecule has 0 fully saturated rings. The van der Waals surface area contributed by atoms with Gasteiger partial charge in [-0.2, -0.15) is 13.1 Å². The quantitative estimate of drug-likeness (QED) is 0.787. The SMILES string of the molecule is CCCNS(=O)(=O)Nc1ccc(OC)cc1OC. The molecular formula is C11H18N2O4S. The van der Waals surface area contributed by atoms with Crippen molar-refractivity contribution < 1.29 is 17.9 Å². The van der Waals surface area contributed by atoms with Crippen molar-refractivity contribution in [1.82, 2.24) is 4.72 Å². The molecule has 6 nitrogen and oxygen atoms in total. The van der Waals surface area contributed by atoms with Crippen LogP contribution in [-0.2, 0) is 10.2 Å². The number of anilines is 1. The first-order valence-corrected chi connectivity index (χ1v) is 7.00. The van der Waals surface area contributed by atoms with Gasteiger partial charge in [0.15, 0.2) is 0 Å². The lowest BCUT2D eigenvalue weighted by Crippen LogP contribution is -2.30. The molecular weight excluding hydrogens is 256 g/mol. The third-order valence-electron chi connectivity index (χ3n) is 2.20. The number of hydrogen-bond acceptors (Lipinski definition) is 4. The summed E-state index contributed by atoms with van der Waals surface area (Å²) < 4.78 is 38.3. The van der Waals surface area contributed by atoms with Crippen molar-refractivity contribution in [3.8, 4) is 11.5 Å². The van der Waals surface area contributed by atoms with E-state index in [1.165, 1.54) is 14.2 Å². The summed E-state index contributed by atoms with van der Waals surface area (Å²) >= 11 is 0. The lowest BCUT2D eigenvalue weighted by Gasteiger charge is -2.13. The Balaban J connectivity index is 2.90. The first-order chi connectivity index (χ1) is 8.52. The summed E-state index contributed by atoms with van der Waals surface area (Å²) in [6, 6.07) is 4.85. The first-order valence-electron chi connectivity index (χ1n) is 5.52. The number of rotatable bonds is 7. The second kappa shape index (κ2) is 6.46. The van der Waals surface area contributed by atoms with Crippen LogP contribution in [0.1, 0.15) is 13.3 Å². The monoisotopic (exact) mass is 274 g/mol. The molecule has 0 unspecified atom stereocenters. The zero-order valence-corrected chi connectivity index (χ0v) is 11.5. The highest BCUT2D eigenvalue weighted by atomic mass is 32.2. The maximum atomic E-state index is 11.7. The largest absolute Gasteiger partial charge is 0.497 e. The first kappa shape index (κ1) is 14.6. The predicted octanol–water partition coefficient (Wildman–Crippen LogP) is 1.36. The minimum Gasteiger partial charge on any atom is -0.497 e. The van der Waals surface area contributed by atoms with E-state index in [1.807, 2.05) is 6.92 Å². The Kier molecular flexibility index (Phi) is 5.24. The third-order valence-corrected chi connectivity index (χ3v) is 3.27. The molecule has 102 valence electrons. The van der Waals surface area contributed by atoms with E-state index in [2.05, 4.69) is 9.44 Å². The molecule has 18 heavy (non-hydrogen) atoms. The average Bonchev–Trinajstić information content (AvgIpc) is 2.36. The van der Waals surface area contributed by atoms with Crippen molar-refractivity contribution >= 4 is 15.9 Å². The number of ether oxygens (including phenoxy) is 2. The van der Waals surface area contributed by atoms with Crippen LogP contribution in [0.2, 0.25) is 0 Å². The van der Waals surface area contributed by atoms with Gasteiger partial charge in [-0.1, -0.05) is 6.92 Å². The molecule has 7 heteroatoms.